The van der Waals surface area contributed by atoms with Gasteiger partial charge in [-0.15, -0.1) is 0 Å². The van der Waals surface area contributed by atoms with E-state index in [1.807, 2.05) is 13.1 Å². The molecule has 1 aromatic heterocycles. The summed E-state index contributed by atoms with van der Waals surface area (Å²) in [5, 5.41) is 3.65. The van der Waals surface area contributed by atoms with Gasteiger partial charge in [0.25, 0.3) is 0 Å². The predicted octanol–water partition coefficient (Wildman–Crippen LogP) is 2.20. The Morgan fingerprint density at radius 2 is 2.11 bits per heavy atom. The van der Waals surface area contributed by atoms with Crippen LogP contribution in [0.15, 0.2) is 6.20 Å². The van der Waals surface area contributed by atoms with Gasteiger partial charge in [-0.2, -0.15) is 0 Å². The third kappa shape index (κ3) is 3.06. The van der Waals surface area contributed by atoms with Crippen LogP contribution >= 0.6 is 0 Å². The van der Waals surface area contributed by atoms with Gasteiger partial charge < -0.3 is 10.2 Å². The molecule has 3 rings (SSSR count). The molecule has 1 aromatic rings. The molecule has 2 fully saturated rings. The minimum atomic E-state index is 0.621. The first-order valence-corrected chi connectivity index (χ1v) is 7.54. The lowest BCUT2D eigenvalue weighted by atomic mass is 10.0. The van der Waals surface area contributed by atoms with Crippen molar-refractivity contribution in [1.29, 1.82) is 0 Å². The highest BCUT2D eigenvalue weighted by Crippen LogP contribution is 2.32. The van der Waals surface area contributed by atoms with Crippen molar-refractivity contribution in [3.8, 4) is 0 Å². The van der Waals surface area contributed by atoms with Crippen molar-refractivity contribution < 1.29 is 0 Å². The molecule has 1 unspecified atom stereocenters. The molecule has 19 heavy (non-hydrogen) atoms. The zero-order valence-electron chi connectivity index (χ0n) is 12.0. The Morgan fingerprint density at radius 1 is 1.26 bits per heavy atom. The second kappa shape index (κ2) is 5.45. The van der Waals surface area contributed by atoms with Crippen LogP contribution in [0.3, 0.4) is 0 Å². The van der Waals surface area contributed by atoms with Gasteiger partial charge >= 0.3 is 0 Å². The summed E-state index contributed by atoms with van der Waals surface area (Å²) in [7, 11) is 0. The smallest absolute Gasteiger partial charge is 0.150 e. The van der Waals surface area contributed by atoms with Crippen LogP contribution in [0.4, 0.5) is 5.82 Å². The highest BCUT2D eigenvalue weighted by molar-refractivity contribution is 5.46. The predicted molar refractivity (Wildman–Crippen MR) is 77.5 cm³/mol. The van der Waals surface area contributed by atoms with Crippen molar-refractivity contribution in [2.75, 3.05) is 18.0 Å². The molecule has 1 aliphatic carbocycles. The van der Waals surface area contributed by atoms with E-state index in [1.165, 1.54) is 38.6 Å². The molecule has 4 heteroatoms. The average Bonchev–Trinajstić information content (AvgIpc) is 3.25. The average molecular weight is 260 g/mol. The summed E-state index contributed by atoms with van der Waals surface area (Å²) >= 11 is 0. The van der Waals surface area contributed by atoms with Crippen LogP contribution in [-0.2, 0) is 0 Å². The number of nitrogens with zero attached hydrogens (tertiary/aromatic N) is 3. The summed E-state index contributed by atoms with van der Waals surface area (Å²) < 4.78 is 0. The Morgan fingerprint density at radius 3 is 2.79 bits per heavy atom. The minimum Gasteiger partial charge on any atom is -0.351 e. The zero-order chi connectivity index (χ0) is 13.2. The second-order valence-corrected chi connectivity index (χ2v) is 5.95. The van der Waals surface area contributed by atoms with E-state index in [1.54, 1.807) is 0 Å². The van der Waals surface area contributed by atoms with Crippen LogP contribution in [0.1, 0.15) is 43.5 Å². The minimum absolute atomic E-state index is 0.621. The van der Waals surface area contributed by atoms with Crippen LogP contribution < -0.4 is 10.2 Å². The molecule has 0 spiro atoms. The monoisotopic (exact) mass is 260 g/mol. The van der Waals surface area contributed by atoms with Crippen LogP contribution in [0.2, 0.25) is 0 Å². The van der Waals surface area contributed by atoms with Gasteiger partial charge in [0.2, 0.25) is 0 Å². The number of rotatable bonds is 4. The normalized spacial score (nSPS) is 23.4. The van der Waals surface area contributed by atoms with E-state index < -0.39 is 0 Å². The van der Waals surface area contributed by atoms with Crippen molar-refractivity contribution in [2.45, 2.75) is 58.0 Å². The topological polar surface area (TPSA) is 41.1 Å². The molecule has 0 bridgehead atoms. The first-order chi connectivity index (χ1) is 9.24. The van der Waals surface area contributed by atoms with Crippen molar-refractivity contribution in [1.82, 2.24) is 15.3 Å². The summed E-state index contributed by atoms with van der Waals surface area (Å²) in [5.74, 6) is 1.11. The lowest BCUT2D eigenvalue weighted by Crippen LogP contribution is -2.45. The third-order valence-electron chi connectivity index (χ3n) is 4.14. The van der Waals surface area contributed by atoms with E-state index in [0.717, 1.165) is 23.8 Å². The van der Waals surface area contributed by atoms with Crippen molar-refractivity contribution >= 4 is 5.82 Å². The number of piperidine rings is 1. The number of nitrogens with one attached hydrogen (secondary N) is 1. The van der Waals surface area contributed by atoms with Crippen molar-refractivity contribution in [3.05, 3.63) is 17.6 Å². The molecular formula is C15H24N4. The Labute approximate surface area is 115 Å². The van der Waals surface area contributed by atoms with E-state index in [9.17, 15) is 0 Å². The molecule has 1 saturated carbocycles. The van der Waals surface area contributed by atoms with Gasteiger partial charge in [0.05, 0.1) is 11.4 Å². The van der Waals surface area contributed by atoms with E-state index in [0.29, 0.717) is 12.1 Å². The fourth-order valence-electron chi connectivity index (χ4n) is 2.91. The number of aryl methyl sites for hydroxylation is 2. The maximum Gasteiger partial charge on any atom is 0.150 e. The maximum absolute atomic E-state index is 4.74. The Balaban J connectivity index is 1.78. The first kappa shape index (κ1) is 12.9. The molecule has 4 nitrogen and oxygen atoms in total. The molecule has 1 atom stereocenters. The molecule has 1 aliphatic heterocycles. The lowest BCUT2D eigenvalue weighted by molar-refractivity contribution is 0.397. The molecule has 2 heterocycles. The molecule has 1 N–H and O–H groups in total. The molecular weight excluding hydrogens is 236 g/mol. The number of hydrogen-bond acceptors (Lipinski definition) is 4. The highest BCUT2D eigenvalue weighted by Gasteiger charge is 2.33. The summed E-state index contributed by atoms with van der Waals surface area (Å²) in [6.45, 7) is 6.36. The molecule has 2 aliphatic rings. The van der Waals surface area contributed by atoms with Gasteiger partial charge in [-0.25, -0.2) is 4.98 Å². The summed E-state index contributed by atoms with van der Waals surface area (Å²) in [4.78, 5) is 11.7. The van der Waals surface area contributed by atoms with Gasteiger partial charge in [-0.05, 0) is 46.1 Å². The molecule has 0 amide bonds. The fraction of sp³-hybridized carbons (Fsp3) is 0.733. The Hall–Kier alpha value is -1.16. The largest absolute Gasteiger partial charge is 0.351 e. The van der Waals surface area contributed by atoms with E-state index >= 15 is 0 Å². The quantitative estimate of drug-likeness (QED) is 0.901. The van der Waals surface area contributed by atoms with Gasteiger partial charge in [-0.1, -0.05) is 6.42 Å². The third-order valence-corrected chi connectivity index (χ3v) is 4.14. The number of hydrogen-bond donors (Lipinski definition) is 1. The molecule has 104 valence electrons. The van der Waals surface area contributed by atoms with Crippen LogP contribution in [-0.4, -0.2) is 35.1 Å². The summed E-state index contributed by atoms with van der Waals surface area (Å²) in [5.41, 5.74) is 2.08. The van der Waals surface area contributed by atoms with Gasteiger partial charge in [0.1, 0.15) is 0 Å². The fourth-order valence-corrected chi connectivity index (χ4v) is 2.91. The second-order valence-electron chi connectivity index (χ2n) is 5.95. The Bertz CT molecular complexity index is 436. The van der Waals surface area contributed by atoms with Crippen LogP contribution in [0, 0.1) is 13.8 Å². The van der Waals surface area contributed by atoms with E-state index in [4.69, 9.17) is 4.98 Å². The lowest BCUT2D eigenvalue weighted by Gasteiger charge is -2.32. The Kier molecular flexibility index (Phi) is 3.69. The van der Waals surface area contributed by atoms with Crippen molar-refractivity contribution in [2.24, 2.45) is 0 Å². The number of anilines is 1. The zero-order valence-corrected chi connectivity index (χ0v) is 12.0. The molecule has 0 aromatic carbocycles. The SMILES string of the molecule is Cc1cnc(C)c(N(CC2CCCCN2)C2CC2)n1. The van der Waals surface area contributed by atoms with Gasteiger partial charge in [0, 0.05) is 24.8 Å². The molecule has 0 radical (unpaired) electrons. The maximum atomic E-state index is 4.74. The summed E-state index contributed by atoms with van der Waals surface area (Å²) in [6.07, 6.45) is 8.45. The standard InChI is InChI=1S/C15H24N4/c1-11-9-17-12(2)15(18-11)19(14-6-7-14)10-13-5-3-4-8-16-13/h9,13-14,16H,3-8,10H2,1-2H3. The van der Waals surface area contributed by atoms with Crippen molar-refractivity contribution in [3.63, 3.8) is 0 Å². The van der Waals surface area contributed by atoms with Gasteiger partial charge in [-0.3, -0.25) is 4.98 Å². The van der Waals surface area contributed by atoms with Gasteiger partial charge in [0.15, 0.2) is 5.82 Å². The number of aromatic nitrogens is 2. The molecule has 1 saturated heterocycles. The first-order valence-electron chi connectivity index (χ1n) is 7.54. The highest BCUT2D eigenvalue weighted by atomic mass is 15.3. The van der Waals surface area contributed by atoms with Crippen LogP contribution in [0.5, 0.6) is 0 Å². The van der Waals surface area contributed by atoms with Crippen LogP contribution in [0.25, 0.3) is 0 Å². The van der Waals surface area contributed by atoms with E-state index in [2.05, 4.69) is 22.1 Å². The van der Waals surface area contributed by atoms with E-state index in [-0.39, 0.29) is 0 Å². The summed E-state index contributed by atoms with van der Waals surface area (Å²) in [6, 6.07) is 1.31.